The van der Waals surface area contributed by atoms with Crippen LogP contribution < -0.4 is 0 Å². The van der Waals surface area contributed by atoms with Gasteiger partial charge in [-0.1, -0.05) is 61.4 Å². The van der Waals surface area contributed by atoms with Gasteiger partial charge in [0.25, 0.3) is 0 Å². The summed E-state index contributed by atoms with van der Waals surface area (Å²) >= 11 is 0. The van der Waals surface area contributed by atoms with Gasteiger partial charge in [0.15, 0.2) is 0 Å². The van der Waals surface area contributed by atoms with Gasteiger partial charge < -0.3 is 9.64 Å². The van der Waals surface area contributed by atoms with E-state index in [2.05, 4.69) is 79.2 Å². The Balaban J connectivity index is 1.33. The summed E-state index contributed by atoms with van der Waals surface area (Å²) in [7, 11) is 2.24. The summed E-state index contributed by atoms with van der Waals surface area (Å²) in [5.41, 5.74) is 5.24. The summed E-state index contributed by atoms with van der Waals surface area (Å²) in [6.45, 7) is 8.74. The maximum absolute atomic E-state index is 6.04. The molecule has 29 heavy (non-hydrogen) atoms. The van der Waals surface area contributed by atoms with E-state index in [9.17, 15) is 0 Å². The Morgan fingerprint density at radius 3 is 2.00 bits per heavy atom. The maximum atomic E-state index is 6.04. The van der Waals surface area contributed by atoms with Crippen molar-refractivity contribution < 1.29 is 4.74 Å². The minimum atomic E-state index is 0.480. The lowest BCUT2D eigenvalue weighted by molar-refractivity contribution is 0.0457. The number of nitrogens with zero attached hydrogens (tertiary/aromatic N) is 2. The normalized spacial score (nSPS) is 24.2. The van der Waals surface area contributed by atoms with Crippen LogP contribution in [-0.4, -0.2) is 48.1 Å². The largest absolute Gasteiger partial charge is 0.374 e. The Kier molecular flexibility index (Phi) is 6.69. The second-order valence-corrected chi connectivity index (χ2v) is 9.18. The highest BCUT2D eigenvalue weighted by molar-refractivity contribution is 5.63. The van der Waals surface area contributed by atoms with Gasteiger partial charge in [0.1, 0.15) is 0 Å². The fraction of sp³-hybridized carbons (Fsp3) is 0.538. The van der Waals surface area contributed by atoms with E-state index in [1.165, 1.54) is 47.9 Å². The van der Waals surface area contributed by atoms with E-state index < -0.39 is 0 Å². The third-order valence-electron chi connectivity index (χ3n) is 6.84. The molecule has 0 spiro atoms. The van der Waals surface area contributed by atoms with Gasteiger partial charge in [-0.05, 0) is 56.0 Å². The molecule has 4 rings (SSSR count). The Labute approximate surface area is 176 Å². The molecule has 2 aliphatic rings. The molecule has 1 aliphatic heterocycles. The quantitative estimate of drug-likeness (QED) is 0.660. The van der Waals surface area contributed by atoms with Crippen molar-refractivity contribution in [2.24, 2.45) is 0 Å². The minimum Gasteiger partial charge on any atom is -0.374 e. The lowest BCUT2D eigenvalue weighted by Gasteiger charge is -2.42. The first-order chi connectivity index (χ1) is 14.1. The molecule has 0 N–H and O–H groups in total. The standard InChI is InChI=1S/C26H36N2O/c1-20-17-28(21(2)16-27(20)3)18-22-8-12-24(13-9-22)25-14-10-23(11-15-25)19-29-26-6-4-5-7-26/h8-15,20-21,26H,4-7,16-19H2,1-3H3/t20?,21-/m1/s1. The first kappa shape index (κ1) is 20.6. The van der Waals surface area contributed by atoms with Crippen LogP contribution in [-0.2, 0) is 17.9 Å². The van der Waals surface area contributed by atoms with Crippen molar-refractivity contribution in [3.63, 3.8) is 0 Å². The zero-order valence-electron chi connectivity index (χ0n) is 18.3. The van der Waals surface area contributed by atoms with Crippen molar-refractivity contribution in [1.82, 2.24) is 9.80 Å². The van der Waals surface area contributed by atoms with Crippen LogP contribution in [0, 0.1) is 0 Å². The Morgan fingerprint density at radius 1 is 0.793 bits per heavy atom. The lowest BCUT2D eigenvalue weighted by Crippen LogP contribution is -2.54. The average molecular weight is 393 g/mol. The van der Waals surface area contributed by atoms with Gasteiger partial charge in [-0.2, -0.15) is 0 Å². The van der Waals surface area contributed by atoms with Gasteiger partial charge in [0.2, 0.25) is 0 Å². The molecule has 1 unspecified atom stereocenters. The number of piperazine rings is 1. The SMILES string of the molecule is CC1CN(Cc2ccc(-c3ccc(COC4CCCC4)cc3)cc2)[C@H](C)CN1C. The molecular weight excluding hydrogens is 356 g/mol. The molecule has 2 atom stereocenters. The van der Waals surface area contributed by atoms with E-state index >= 15 is 0 Å². The smallest absolute Gasteiger partial charge is 0.0720 e. The molecular formula is C26H36N2O. The zero-order chi connectivity index (χ0) is 20.2. The number of likely N-dealkylation sites (N-methyl/N-ethyl adjacent to an activating group) is 1. The fourth-order valence-electron chi connectivity index (χ4n) is 4.69. The zero-order valence-corrected chi connectivity index (χ0v) is 18.3. The van der Waals surface area contributed by atoms with Gasteiger partial charge in [-0.3, -0.25) is 4.90 Å². The molecule has 1 aliphatic carbocycles. The van der Waals surface area contributed by atoms with Crippen molar-refractivity contribution in [3.8, 4) is 11.1 Å². The van der Waals surface area contributed by atoms with Crippen LogP contribution in [0.4, 0.5) is 0 Å². The van der Waals surface area contributed by atoms with Gasteiger partial charge in [0.05, 0.1) is 12.7 Å². The molecule has 3 heteroatoms. The second-order valence-electron chi connectivity index (χ2n) is 9.18. The summed E-state index contributed by atoms with van der Waals surface area (Å²) < 4.78 is 6.04. The van der Waals surface area contributed by atoms with E-state index in [1.54, 1.807) is 0 Å². The summed E-state index contributed by atoms with van der Waals surface area (Å²) in [6, 6.07) is 19.2. The molecule has 0 amide bonds. The van der Waals surface area contributed by atoms with E-state index in [4.69, 9.17) is 4.74 Å². The van der Waals surface area contributed by atoms with Crippen molar-refractivity contribution in [2.45, 2.75) is 70.9 Å². The van der Waals surface area contributed by atoms with Crippen molar-refractivity contribution in [2.75, 3.05) is 20.1 Å². The summed E-state index contributed by atoms with van der Waals surface area (Å²) in [4.78, 5) is 5.07. The van der Waals surface area contributed by atoms with Crippen LogP contribution in [0.3, 0.4) is 0 Å². The first-order valence-corrected chi connectivity index (χ1v) is 11.3. The van der Waals surface area contributed by atoms with Crippen molar-refractivity contribution >= 4 is 0 Å². The van der Waals surface area contributed by atoms with Gasteiger partial charge >= 0.3 is 0 Å². The predicted molar refractivity (Wildman–Crippen MR) is 121 cm³/mol. The Bertz CT molecular complexity index is 764. The van der Waals surface area contributed by atoms with Crippen LogP contribution in [0.15, 0.2) is 48.5 Å². The van der Waals surface area contributed by atoms with E-state index in [0.29, 0.717) is 18.2 Å². The van der Waals surface area contributed by atoms with Gasteiger partial charge in [-0.25, -0.2) is 0 Å². The van der Waals surface area contributed by atoms with E-state index in [0.717, 1.165) is 26.2 Å². The highest BCUT2D eigenvalue weighted by atomic mass is 16.5. The van der Waals surface area contributed by atoms with Crippen molar-refractivity contribution in [1.29, 1.82) is 0 Å². The molecule has 0 aromatic heterocycles. The molecule has 1 saturated carbocycles. The molecule has 1 heterocycles. The number of benzene rings is 2. The number of hydrogen-bond donors (Lipinski definition) is 0. The van der Waals surface area contributed by atoms with E-state index in [-0.39, 0.29) is 0 Å². The second kappa shape index (κ2) is 9.42. The molecule has 1 saturated heterocycles. The van der Waals surface area contributed by atoms with Crippen LogP contribution in [0.25, 0.3) is 11.1 Å². The summed E-state index contributed by atoms with van der Waals surface area (Å²) in [6.07, 6.45) is 5.60. The molecule has 0 radical (unpaired) electrons. The Morgan fingerprint density at radius 2 is 1.38 bits per heavy atom. The summed E-state index contributed by atoms with van der Waals surface area (Å²) in [5, 5.41) is 0. The monoisotopic (exact) mass is 392 g/mol. The highest BCUT2D eigenvalue weighted by Crippen LogP contribution is 2.24. The molecule has 3 nitrogen and oxygen atoms in total. The average Bonchev–Trinajstić information content (AvgIpc) is 3.25. The number of ether oxygens (including phenoxy) is 1. The van der Waals surface area contributed by atoms with Gasteiger partial charge in [-0.15, -0.1) is 0 Å². The topological polar surface area (TPSA) is 15.7 Å². The number of rotatable bonds is 6. The van der Waals surface area contributed by atoms with Gasteiger partial charge in [0, 0.05) is 31.7 Å². The van der Waals surface area contributed by atoms with E-state index in [1.807, 2.05) is 0 Å². The predicted octanol–water partition coefficient (Wildman–Crippen LogP) is 5.34. The third kappa shape index (κ3) is 5.28. The minimum absolute atomic E-state index is 0.480. The number of hydrogen-bond acceptors (Lipinski definition) is 3. The van der Waals surface area contributed by atoms with Crippen LogP contribution in [0.5, 0.6) is 0 Å². The Hall–Kier alpha value is -1.68. The van der Waals surface area contributed by atoms with Crippen LogP contribution >= 0.6 is 0 Å². The fourth-order valence-corrected chi connectivity index (χ4v) is 4.69. The summed E-state index contributed by atoms with van der Waals surface area (Å²) in [5.74, 6) is 0. The van der Waals surface area contributed by atoms with Crippen LogP contribution in [0.1, 0.15) is 50.7 Å². The lowest BCUT2D eigenvalue weighted by atomic mass is 10.0. The highest BCUT2D eigenvalue weighted by Gasteiger charge is 2.26. The molecule has 2 fully saturated rings. The van der Waals surface area contributed by atoms with Crippen LogP contribution in [0.2, 0.25) is 0 Å². The molecule has 2 aromatic rings. The molecule has 156 valence electrons. The molecule has 0 bridgehead atoms. The third-order valence-corrected chi connectivity index (χ3v) is 6.84. The molecule has 2 aromatic carbocycles. The van der Waals surface area contributed by atoms with Crippen molar-refractivity contribution in [3.05, 3.63) is 59.7 Å². The first-order valence-electron chi connectivity index (χ1n) is 11.3. The maximum Gasteiger partial charge on any atom is 0.0720 e.